The first-order valence-electron chi connectivity index (χ1n) is 7.85. The molecule has 1 amide bonds. The highest BCUT2D eigenvalue weighted by atomic mass is 32.1. The normalized spacial score (nSPS) is 11.0. The van der Waals surface area contributed by atoms with Gasteiger partial charge in [0.1, 0.15) is 17.2 Å². The van der Waals surface area contributed by atoms with Crippen LogP contribution in [0.15, 0.2) is 35.1 Å². The van der Waals surface area contributed by atoms with Gasteiger partial charge in [0.15, 0.2) is 0 Å². The Morgan fingerprint density at radius 3 is 2.79 bits per heavy atom. The summed E-state index contributed by atoms with van der Waals surface area (Å²) in [4.78, 5) is 31.2. The molecule has 5 nitrogen and oxygen atoms in total. The Labute approximate surface area is 144 Å². The van der Waals surface area contributed by atoms with Gasteiger partial charge in [0, 0.05) is 10.6 Å². The Balaban J connectivity index is 1.89. The van der Waals surface area contributed by atoms with Crippen LogP contribution in [-0.4, -0.2) is 15.5 Å². The second-order valence-electron chi connectivity index (χ2n) is 5.69. The van der Waals surface area contributed by atoms with Gasteiger partial charge in [-0.1, -0.05) is 25.1 Å². The molecule has 1 N–H and O–H groups in total. The molecule has 0 spiro atoms. The van der Waals surface area contributed by atoms with Gasteiger partial charge in [-0.15, -0.1) is 11.3 Å². The zero-order valence-electron chi connectivity index (χ0n) is 13.9. The fourth-order valence-electron chi connectivity index (χ4n) is 2.71. The number of anilines is 1. The Bertz CT molecular complexity index is 972. The number of amides is 1. The van der Waals surface area contributed by atoms with E-state index < -0.39 is 0 Å². The molecule has 0 saturated carbocycles. The van der Waals surface area contributed by atoms with E-state index >= 15 is 0 Å². The minimum Gasteiger partial charge on any atom is -0.324 e. The number of rotatable bonds is 4. The standard InChI is InChI=1S/C18H19N3O2S/c1-4-13-7-5-6-8-15(13)20-16(22)10-21-12(3)19-17-14(18(21)23)9-11(2)24-17/h5-9H,4,10H2,1-3H3,(H,20,22). The lowest BCUT2D eigenvalue weighted by atomic mass is 10.1. The zero-order valence-corrected chi connectivity index (χ0v) is 14.7. The summed E-state index contributed by atoms with van der Waals surface area (Å²) < 4.78 is 1.43. The highest BCUT2D eigenvalue weighted by Gasteiger charge is 2.14. The number of nitrogens with one attached hydrogen (secondary N) is 1. The SMILES string of the molecule is CCc1ccccc1NC(=O)Cn1c(C)nc2sc(C)cc2c1=O. The van der Waals surface area contributed by atoms with Crippen molar-refractivity contribution in [3.63, 3.8) is 0 Å². The highest BCUT2D eigenvalue weighted by molar-refractivity contribution is 7.18. The number of carbonyl (C=O) groups is 1. The van der Waals surface area contributed by atoms with Gasteiger partial charge in [0.25, 0.3) is 5.56 Å². The molecule has 2 aromatic heterocycles. The number of para-hydroxylation sites is 1. The average molecular weight is 341 g/mol. The number of nitrogens with zero attached hydrogens (tertiary/aromatic N) is 2. The molecular weight excluding hydrogens is 322 g/mol. The van der Waals surface area contributed by atoms with E-state index in [1.54, 1.807) is 6.92 Å². The van der Waals surface area contributed by atoms with Crippen molar-refractivity contribution < 1.29 is 4.79 Å². The van der Waals surface area contributed by atoms with Crippen molar-refractivity contribution in [3.8, 4) is 0 Å². The Morgan fingerprint density at radius 1 is 1.29 bits per heavy atom. The molecule has 0 atom stereocenters. The lowest BCUT2D eigenvalue weighted by Crippen LogP contribution is -2.30. The fourth-order valence-corrected chi connectivity index (χ4v) is 3.62. The number of hydrogen-bond acceptors (Lipinski definition) is 4. The van der Waals surface area contributed by atoms with Gasteiger partial charge in [-0.05, 0) is 38.0 Å². The largest absolute Gasteiger partial charge is 0.324 e. The zero-order chi connectivity index (χ0) is 17.3. The number of benzene rings is 1. The topological polar surface area (TPSA) is 64.0 Å². The highest BCUT2D eigenvalue weighted by Crippen LogP contribution is 2.20. The van der Waals surface area contributed by atoms with E-state index in [1.165, 1.54) is 15.9 Å². The second kappa shape index (κ2) is 6.57. The van der Waals surface area contributed by atoms with Crippen molar-refractivity contribution in [1.82, 2.24) is 9.55 Å². The molecule has 24 heavy (non-hydrogen) atoms. The maximum absolute atomic E-state index is 12.6. The number of fused-ring (bicyclic) bond motifs is 1. The number of aromatic nitrogens is 2. The molecule has 0 aliphatic carbocycles. The first kappa shape index (κ1) is 16.4. The third kappa shape index (κ3) is 3.10. The maximum Gasteiger partial charge on any atom is 0.262 e. The molecule has 0 aliphatic heterocycles. The van der Waals surface area contributed by atoms with E-state index in [0.717, 1.165) is 27.4 Å². The quantitative estimate of drug-likeness (QED) is 0.792. The Kier molecular flexibility index (Phi) is 4.49. The predicted octanol–water partition coefficient (Wildman–Crippen LogP) is 3.28. The molecule has 0 saturated heterocycles. The summed E-state index contributed by atoms with van der Waals surface area (Å²) >= 11 is 1.49. The van der Waals surface area contributed by atoms with Crippen molar-refractivity contribution in [2.24, 2.45) is 0 Å². The molecule has 0 unspecified atom stereocenters. The smallest absolute Gasteiger partial charge is 0.262 e. The van der Waals surface area contributed by atoms with Gasteiger partial charge in [0.05, 0.1) is 5.39 Å². The van der Waals surface area contributed by atoms with Crippen LogP contribution in [0.2, 0.25) is 0 Å². The third-order valence-corrected chi connectivity index (χ3v) is 4.88. The van der Waals surface area contributed by atoms with E-state index in [4.69, 9.17) is 0 Å². The van der Waals surface area contributed by atoms with Crippen molar-refractivity contribution in [2.75, 3.05) is 5.32 Å². The van der Waals surface area contributed by atoms with Crippen LogP contribution in [0.1, 0.15) is 23.2 Å². The van der Waals surface area contributed by atoms with Crippen molar-refractivity contribution in [2.45, 2.75) is 33.7 Å². The monoisotopic (exact) mass is 341 g/mol. The van der Waals surface area contributed by atoms with Crippen LogP contribution in [0.25, 0.3) is 10.2 Å². The average Bonchev–Trinajstić information content (AvgIpc) is 2.92. The third-order valence-electron chi connectivity index (χ3n) is 3.94. The lowest BCUT2D eigenvalue weighted by Gasteiger charge is -2.12. The van der Waals surface area contributed by atoms with Crippen LogP contribution < -0.4 is 10.9 Å². The Morgan fingerprint density at radius 2 is 2.04 bits per heavy atom. The molecular formula is C18H19N3O2S. The van der Waals surface area contributed by atoms with Crippen molar-refractivity contribution >= 4 is 33.1 Å². The molecule has 124 valence electrons. The summed E-state index contributed by atoms with van der Waals surface area (Å²) in [5, 5.41) is 3.47. The van der Waals surface area contributed by atoms with Gasteiger partial charge in [-0.25, -0.2) is 4.98 Å². The van der Waals surface area contributed by atoms with Crippen LogP contribution in [0.3, 0.4) is 0 Å². The van der Waals surface area contributed by atoms with Gasteiger partial charge in [-0.2, -0.15) is 0 Å². The fraction of sp³-hybridized carbons (Fsp3) is 0.278. The summed E-state index contributed by atoms with van der Waals surface area (Å²) in [6, 6.07) is 9.51. The lowest BCUT2D eigenvalue weighted by molar-refractivity contribution is -0.116. The summed E-state index contributed by atoms with van der Waals surface area (Å²) in [5.74, 6) is 0.322. The number of hydrogen-bond donors (Lipinski definition) is 1. The van der Waals surface area contributed by atoms with Crippen LogP contribution in [0, 0.1) is 13.8 Å². The molecule has 1 aromatic carbocycles. The maximum atomic E-state index is 12.6. The molecule has 3 aromatic rings. The second-order valence-corrected chi connectivity index (χ2v) is 6.92. The minimum absolute atomic E-state index is 0.0411. The number of aryl methyl sites for hydroxylation is 3. The summed E-state index contributed by atoms with van der Waals surface area (Å²) in [5.41, 5.74) is 1.69. The van der Waals surface area contributed by atoms with E-state index in [2.05, 4.69) is 10.3 Å². The first-order valence-corrected chi connectivity index (χ1v) is 8.66. The predicted molar refractivity (Wildman–Crippen MR) is 97.8 cm³/mol. The van der Waals surface area contributed by atoms with Gasteiger partial charge in [-0.3, -0.25) is 14.2 Å². The van der Waals surface area contributed by atoms with E-state index in [0.29, 0.717) is 11.2 Å². The van der Waals surface area contributed by atoms with E-state index in [9.17, 15) is 9.59 Å². The van der Waals surface area contributed by atoms with Crippen LogP contribution in [-0.2, 0) is 17.8 Å². The van der Waals surface area contributed by atoms with Crippen LogP contribution in [0.5, 0.6) is 0 Å². The van der Waals surface area contributed by atoms with Gasteiger partial charge < -0.3 is 5.32 Å². The Hall–Kier alpha value is -2.47. The van der Waals surface area contributed by atoms with E-state index in [-0.39, 0.29) is 18.0 Å². The minimum atomic E-state index is -0.228. The summed E-state index contributed by atoms with van der Waals surface area (Å²) in [6.45, 7) is 5.69. The van der Waals surface area contributed by atoms with Gasteiger partial charge in [0.2, 0.25) is 5.91 Å². The van der Waals surface area contributed by atoms with E-state index in [1.807, 2.05) is 44.2 Å². The van der Waals surface area contributed by atoms with Gasteiger partial charge >= 0.3 is 0 Å². The van der Waals surface area contributed by atoms with Crippen LogP contribution >= 0.6 is 11.3 Å². The molecule has 0 fully saturated rings. The number of thiophene rings is 1. The molecule has 2 heterocycles. The molecule has 0 radical (unpaired) electrons. The molecule has 0 aliphatic rings. The van der Waals surface area contributed by atoms with Crippen molar-refractivity contribution in [1.29, 1.82) is 0 Å². The molecule has 3 rings (SSSR count). The molecule has 0 bridgehead atoms. The number of carbonyl (C=O) groups excluding carboxylic acids is 1. The van der Waals surface area contributed by atoms with Crippen molar-refractivity contribution in [3.05, 3.63) is 57.0 Å². The molecule has 6 heteroatoms. The van der Waals surface area contributed by atoms with Crippen LogP contribution in [0.4, 0.5) is 5.69 Å². The first-order chi connectivity index (χ1) is 11.5. The summed E-state index contributed by atoms with van der Waals surface area (Å²) in [6.07, 6.45) is 0.830. The summed E-state index contributed by atoms with van der Waals surface area (Å²) in [7, 11) is 0.